The highest BCUT2D eigenvalue weighted by atomic mass is 16.3. The quantitative estimate of drug-likeness (QED) is 0.808. The summed E-state index contributed by atoms with van der Waals surface area (Å²) in [6.45, 7) is 3.73. The highest BCUT2D eigenvalue weighted by molar-refractivity contribution is 5.52. The zero-order valence-corrected chi connectivity index (χ0v) is 11.6. The summed E-state index contributed by atoms with van der Waals surface area (Å²) >= 11 is 0. The Bertz CT molecular complexity index is 537. The molecule has 0 fully saturated rings. The maximum Gasteiger partial charge on any atom is 0.0858 e. The molecule has 0 aliphatic carbocycles. The van der Waals surface area contributed by atoms with Crippen molar-refractivity contribution in [2.24, 2.45) is 10.2 Å². The Morgan fingerprint density at radius 3 is 2.05 bits per heavy atom. The molecular weight excluding hydrogens is 250 g/mol. The summed E-state index contributed by atoms with van der Waals surface area (Å²) in [5.41, 5.74) is 2.74. The second-order valence-corrected chi connectivity index (χ2v) is 4.36. The van der Waals surface area contributed by atoms with Crippen LogP contribution >= 0.6 is 0 Å². The standard InChI is InChI=1S/C16H19N3O/c1-2-19(12-13-20)16-10-8-15(9-11-16)18-17-14-6-4-3-5-7-14/h3-11,20H,2,12-13H2,1H3. The molecule has 4 heteroatoms. The molecule has 1 N–H and O–H groups in total. The number of nitrogens with zero attached hydrogens (tertiary/aromatic N) is 3. The van der Waals surface area contributed by atoms with Gasteiger partial charge in [0.15, 0.2) is 0 Å². The molecule has 0 radical (unpaired) electrons. The molecule has 0 aliphatic rings. The lowest BCUT2D eigenvalue weighted by molar-refractivity contribution is 0.302. The Balaban J connectivity index is 2.06. The second kappa shape index (κ2) is 7.40. The van der Waals surface area contributed by atoms with Gasteiger partial charge in [0.05, 0.1) is 18.0 Å². The molecule has 2 aromatic carbocycles. The van der Waals surface area contributed by atoms with Crippen LogP contribution in [0.1, 0.15) is 6.92 Å². The van der Waals surface area contributed by atoms with Crippen molar-refractivity contribution in [3.05, 3.63) is 54.6 Å². The van der Waals surface area contributed by atoms with E-state index >= 15 is 0 Å². The van der Waals surface area contributed by atoms with E-state index in [9.17, 15) is 0 Å². The van der Waals surface area contributed by atoms with Gasteiger partial charge in [-0.3, -0.25) is 0 Å². The molecule has 0 saturated heterocycles. The molecule has 0 unspecified atom stereocenters. The highest BCUT2D eigenvalue weighted by Gasteiger charge is 2.02. The Hall–Kier alpha value is -2.20. The van der Waals surface area contributed by atoms with Gasteiger partial charge >= 0.3 is 0 Å². The van der Waals surface area contributed by atoms with E-state index in [4.69, 9.17) is 5.11 Å². The molecule has 2 aromatic rings. The van der Waals surface area contributed by atoms with Gasteiger partial charge in [-0.25, -0.2) is 0 Å². The fourth-order valence-corrected chi connectivity index (χ4v) is 1.93. The largest absolute Gasteiger partial charge is 0.395 e. The normalized spacial score (nSPS) is 10.9. The van der Waals surface area contributed by atoms with Crippen LogP contribution < -0.4 is 4.90 Å². The summed E-state index contributed by atoms with van der Waals surface area (Å²) in [5, 5.41) is 17.4. The van der Waals surface area contributed by atoms with Crippen molar-refractivity contribution >= 4 is 17.1 Å². The van der Waals surface area contributed by atoms with Crippen molar-refractivity contribution in [1.82, 2.24) is 0 Å². The van der Waals surface area contributed by atoms with E-state index in [2.05, 4.69) is 22.1 Å². The van der Waals surface area contributed by atoms with E-state index in [0.29, 0.717) is 6.54 Å². The predicted molar refractivity (Wildman–Crippen MR) is 82.0 cm³/mol. The average Bonchev–Trinajstić information content (AvgIpc) is 2.52. The minimum Gasteiger partial charge on any atom is -0.395 e. The van der Waals surface area contributed by atoms with Gasteiger partial charge in [-0.1, -0.05) is 18.2 Å². The summed E-state index contributed by atoms with van der Waals surface area (Å²) in [4.78, 5) is 2.11. The summed E-state index contributed by atoms with van der Waals surface area (Å²) in [6.07, 6.45) is 0. The maximum absolute atomic E-state index is 9.02. The number of hydrogen-bond donors (Lipinski definition) is 1. The lowest BCUT2D eigenvalue weighted by Gasteiger charge is -2.21. The number of likely N-dealkylation sites (N-methyl/N-ethyl adjacent to an activating group) is 1. The highest BCUT2D eigenvalue weighted by Crippen LogP contribution is 2.21. The minimum atomic E-state index is 0.156. The molecule has 0 heterocycles. The smallest absolute Gasteiger partial charge is 0.0858 e. The molecule has 2 rings (SSSR count). The van der Waals surface area contributed by atoms with Crippen LogP contribution in [0.25, 0.3) is 0 Å². The monoisotopic (exact) mass is 269 g/mol. The van der Waals surface area contributed by atoms with Crippen LogP contribution in [0, 0.1) is 0 Å². The van der Waals surface area contributed by atoms with Crippen LogP contribution in [0.2, 0.25) is 0 Å². The fourth-order valence-electron chi connectivity index (χ4n) is 1.93. The SMILES string of the molecule is CCN(CCO)c1ccc(N=Nc2ccccc2)cc1. The molecule has 20 heavy (non-hydrogen) atoms. The molecule has 0 amide bonds. The first-order valence-corrected chi connectivity index (χ1v) is 6.76. The Kier molecular flexibility index (Phi) is 5.26. The molecule has 0 bridgehead atoms. The average molecular weight is 269 g/mol. The van der Waals surface area contributed by atoms with Gasteiger partial charge in [-0.05, 0) is 43.3 Å². The van der Waals surface area contributed by atoms with Crippen molar-refractivity contribution in [1.29, 1.82) is 0 Å². The molecule has 0 spiro atoms. The second-order valence-electron chi connectivity index (χ2n) is 4.36. The number of benzene rings is 2. The summed E-state index contributed by atoms with van der Waals surface area (Å²) in [5.74, 6) is 0. The Morgan fingerprint density at radius 2 is 1.50 bits per heavy atom. The molecule has 0 atom stereocenters. The third kappa shape index (κ3) is 3.90. The van der Waals surface area contributed by atoms with Crippen molar-refractivity contribution in [3.63, 3.8) is 0 Å². The van der Waals surface area contributed by atoms with Gasteiger partial charge < -0.3 is 10.0 Å². The van der Waals surface area contributed by atoms with Crippen LogP contribution in [-0.4, -0.2) is 24.8 Å². The third-order valence-corrected chi connectivity index (χ3v) is 3.00. The van der Waals surface area contributed by atoms with Gasteiger partial charge in [0, 0.05) is 18.8 Å². The summed E-state index contributed by atoms with van der Waals surface area (Å²) in [7, 11) is 0. The first kappa shape index (κ1) is 14.2. The third-order valence-electron chi connectivity index (χ3n) is 3.00. The first-order valence-electron chi connectivity index (χ1n) is 6.76. The number of rotatable bonds is 6. The van der Waals surface area contributed by atoms with Crippen LogP contribution in [-0.2, 0) is 0 Å². The van der Waals surface area contributed by atoms with Gasteiger partial charge in [0.25, 0.3) is 0 Å². The van der Waals surface area contributed by atoms with Crippen LogP contribution in [0.15, 0.2) is 64.8 Å². The summed E-state index contributed by atoms with van der Waals surface area (Å²) in [6, 6.07) is 17.5. The van der Waals surface area contributed by atoms with E-state index in [-0.39, 0.29) is 6.61 Å². The van der Waals surface area contributed by atoms with E-state index in [1.54, 1.807) is 0 Å². The van der Waals surface area contributed by atoms with Crippen molar-refractivity contribution in [2.75, 3.05) is 24.6 Å². The molecule has 104 valence electrons. The van der Waals surface area contributed by atoms with Gasteiger partial charge in [-0.2, -0.15) is 10.2 Å². The van der Waals surface area contributed by atoms with E-state index < -0.39 is 0 Å². The molecule has 4 nitrogen and oxygen atoms in total. The van der Waals surface area contributed by atoms with Gasteiger partial charge in [0.2, 0.25) is 0 Å². The fraction of sp³-hybridized carbons (Fsp3) is 0.250. The van der Waals surface area contributed by atoms with Crippen LogP contribution in [0.3, 0.4) is 0 Å². The van der Waals surface area contributed by atoms with Crippen LogP contribution in [0.5, 0.6) is 0 Å². The van der Waals surface area contributed by atoms with Crippen LogP contribution in [0.4, 0.5) is 17.1 Å². The van der Waals surface area contributed by atoms with Gasteiger partial charge in [0.1, 0.15) is 0 Å². The maximum atomic E-state index is 9.02. The van der Waals surface area contributed by atoms with Gasteiger partial charge in [-0.15, -0.1) is 0 Å². The number of aliphatic hydroxyl groups is 1. The topological polar surface area (TPSA) is 48.2 Å². The number of hydrogen-bond acceptors (Lipinski definition) is 4. The Morgan fingerprint density at radius 1 is 0.900 bits per heavy atom. The van der Waals surface area contributed by atoms with Crippen molar-refractivity contribution in [2.45, 2.75) is 6.92 Å². The lowest BCUT2D eigenvalue weighted by Crippen LogP contribution is -2.25. The number of azo groups is 1. The Labute approximate surface area is 119 Å². The summed E-state index contributed by atoms with van der Waals surface area (Å²) < 4.78 is 0. The number of anilines is 1. The molecule has 0 aliphatic heterocycles. The first-order chi connectivity index (χ1) is 9.83. The minimum absolute atomic E-state index is 0.156. The zero-order chi connectivity index (χ0) is 14.2. The molecule has 0 aromatic heterocycles. The predicted octanol–water partition coefficient (Wildman–Crippen LogP) is 3.92. The lowest BCUT2D eigenvalue weighted by atomic mass is 10.2. The van der Waals surface area contributed by atoms with Crippen molar-refractivity contribution < 1.29 is 5.11 Å². The molecule has 0 saturated carbocycles. The number of aliphatic hydroxyl groups excluding tert-OH is 1. The zero-order valence-electron chi connectivity index (χ0n) is 11.6. The van der Waals surface area contributed by atoms with E-state index in [1.165, 1.54) is 0 Å². The van der Waals surface area contributed by atoms with E-state index in [0.717, 1.165) is 23.6 Å². The van der Waals surface area contributed by atoms with Crippen molar-refractivity contribution in [3.8, 4) is 0 Å². The van der Waals surface area contributed by atoms with E-state index in [1.807, 2.05) is 54.6 Å². The molecular formula is C16H19N3O.